The molecule has 13 heteroatoms. The molecule has 0 aliphatic rings. The van der Waals surface area contributed by atoms with Crippen LogP contribution in [0.2, 0.25) is 0 Å². The van der Waals surface area contributed by atoms with Crippen LogP contribution in [0.15, 0.2) is 180 Å². The molecule has 0 saturated heterocycles. The number of Topliss-reactive ketones (excluding diaryl/α,β-unsaturated/α-hetero) is 1. The van der Waals surface area contributed by atoms with Crippen molar-refractivity contribution in [3.8, 4) is 22.3 Å². The molecule has 2 amide bonds. The van der Waals surface area contributed by atoms with Crippen LogP contribution in [0.3, 0.4) is 0 Å². The van der Waals surface area contributed by atoms with Gasteiger partial charge < -0.3 is 9.64 Å². The van der Waals surface area contributed by atoms with E-state index in [0.717, 1.165) is 56.0 Å². The summed E-state index contributed by atoms with van der Waals surface area (Å²) in [7, 11) is 1.83. The first-order valence-electron chi connectivity index (χ1n) is 22.3. The van der Waals surface area contributed by atoms with Gasteiger partial charge in [-0.05, 0) is 103 Å². The largest absolute Gasteiger partial charge is 0.444 e. The zero-order valence-corrected chi connectivity index (χ0v) is 40.3. The molecular weight excluding hydrogens is 887 g/mol. The number of pyridine rings is 2. The first kappa shape index (κ1) is 48.7. The molecule has 8 rings (SSSR count). The van der Waals surface area contributed by atoms with E-state index in [-0.39, 0.29) is 30.7 Å². The third-order valence-corrected chi connectivity index (χ3v) is 12.2. The first-order chi connectivity index (χ1) is 33.0. The molecule has 0 aliphatic carbocycles. The molecule has 8 aromatic rings. The Morgan fingerprint density at radius 3 is 1.75 bits per heavy atom. The number of hydrogen-bond acceptors (Lipinski definition) is 11. The molecule has 0 spiro atoms. The van der Waals surface area contributed by atoms with Crippen LogP contribution in [0.1, 0.15) is 48.8 Å². The van der Waals surface area contributed by atoms with Gasteiger partial charge in [0.1, 0.15) is 5.60 Å². The van der Waals surface area contributed by atoms with Crippen LogP contribution >= 0.6 is 22.7 Å². The number of likely N-dealkylation sites (N-methyl/N-ethyl adjacent to an activating group) is 1. The number of aromatic nitrogens is 4. The van der Waals surface area contributed by atoms with Crippen molar-refractivity contribution in [1.82, 2.24) is 30.2 Å². The van der Waals surface area contributed by atoms with Gasteiger partial charge in [-0.3, -0.25) is 29.8 Å². The van der Waals surface area contributed by atoms with Crippen molar-refractivity contribution in [2.45, 2.75) is 70.8 Å². The summed E-state index contributed by atoms with van der Waals surface area (Å²) in [6, 6.07) is 42.5. The van der Waals surface area contributed by atoms with Crippen LogP contribution in [-0.4, -0.2) is 67.4 Å². The zero-order valence-electron chi connectivity index (χ0n) is 38.6. The number of anilines is 1. The van der Waals surface area contributed by atoms with E-state index in [0.29, 0.717) is 19.4 Å². The zero-order chi connectivity index (χ0) is 47.7. The maximum atomic E-state index is 13.9. The van der Waals surface area contributed by atoms with Crippen molar-refractivity contribution < 1.29 is 19.1 Å². The molecule has 0 saturated carbocycles. The summed E-state index contributed by atoms with van der Waals surface area (Å²) in [5.41, 5.74) is 12.5. The fourth-order valence-corrected chi connectivity index (χ4v) is 8.63. The smallest absolute Gasteiger partial charge is 0.411 e. The van der Waals surface area contributed by atoms with Gasteiger partial charge in [0.2, 0.25) is 5.91 Å². The van der Waals surface area contributed by atoms with Gasteiger partial charge in [0.15, 0.2) is 5.78 Å². The van der Waals surface area contributed by atoms with Crippen LogP contribution in [-0.2, 0) is 46.7 Å². The van der Waals surface area contributed by atoms with Crippen LogP contribution in [0.25, 0.3) is 22.3 Å². The number of benzene rings is 4. The van der Waals surface area contributed by atoms with Gasteiger partial charge >= 0.3 is 6.09 Å². The van der Waals surface area contributed by atoms with Crippen LogP contribution in [0.4, 0.5) is 10.5 Å². The van der Waals surface area contributed by atoms with Crippen molar-refractivity contribution in [2.75, 3.05) is 11.9 Å². The predicted octanol–water partition coefficient (Wildman–Crippen LogP) is 10.9. The average molecular weight is 942 g/mol. The second kappa shape index (κ2) is 24.0. The molecule has 2 atom stereocenters. The Balaban J connectivity index is 0.000000204. The Kier molecular flexibility index (Phi) is 17.2. The van der Waals surface area contributed by atoms with Gasteiger partial charge in [-0.25, -0.2) is 14.8 Å². The minimum absolute atomic E-state index is 0.0194. The molecular formula is C55H55N7O4S2. The molecule has 1 N–H and O–H groups in total. The van der Waals surface area contributed by atoms with Crippen LogP contribution in [0.5, 0.6) is 0 Å². The molecule has 68 heavy (non-hydrogen) atoms. The standard InChI is InChI=1S/C30H31N3O3S.C25H24N4OS/c1-30(2,3)36-29(35)33(19-26-20-37-21-32-26)27(17-22-8-5-4-6-9-22)28(34)18-23-10-7-11-25(16-23)24-12-14-31-15-13-24;1-29(23-9-5-8-21(15-23)20-10-12-26-13-11-20)25(30)24(14-19-6-3-2-4-7-19)27-16-22-17-31-18-28-22/h4-16,20-21,27H,17-19H2,1-3H3;2-13,15,17-18,24,27H,14,16H2,1H3/t27-;24-/m00/s1. The molecule has 0 unspecified atom stereocenters. The van der Waals surface area contributed by atoms with Crippen molar-refractivity contribution >= 4 is 46.1 Å². The lowest BCUT2D eigenvalue weighted by molar-refractivity contribution is -0.124. The molecule has 346 valence electrons. The Bertz CT molecular complexity index is 2790. The summed E-state index contributed by atoms with van der Waals surface area (Å²) >= 11 is 3.01. The topological polar surface area (TPSA) is 131 Å². The van der Waals surface area contributed by atoms with Crippen molar-refractivity contribution in [1.29, 1.82) is 0 Å². The van der Waals surface area contributed by atoms with E-state index in [1.807, 2.05) is 165 Å². The number of hydrogen-bond donors (Lipinski definition) is 1. The lowest BCUT2D eigenvalue weighted by Gasteiger charge is -2.32. The Morgan fingerprint density at radius 2 is 1.18 bits per heavy atom. The lowest BCUT2D eigenvalue weighted by Crippen LogP contribution is -2.48. The van der Waals surface area contributed by atoms with E-state index >= 15 is 0 Å². The quantitative estimate of drug-likeness (QED) is 0.0948. The van der Waals surface area contributed by atoms with E-state index < -0.39 is 17.7 Å². The number of nitrogens with zero attached hydrogens (tertiary/aromatic N) is 6. The van der Waals surface area contributed by atoms with Crippen molar-refractivity contribution in [3.63, 3.8) is 0 Å². The number of carbonyl (C=O) groups excluding carboxylic acids is 3. The highest BCUT2D eigenvalue weighted by Crippen LogP contribution is 2.26. The average Bonchev–Trinajstić information content (AvgIpc) is 4.10. The predicted molar refractivity (Wildman–Crippen MR) is 272 cm³/mol. The van der Waals surface area contributed by atoms with Gasteiger partial charge in [0, 0.05) is 67.7 Å². The van der Waals surface area contributed by atoms with Crippen molar-refractivity contribution in [3.05, 3.63) is 208 Å². The third-order valence-electron chi connectivity index (χ3n) is 11.0. The minimum atomic E-state index is -0.719. The molecule has 4 aromatic carbocycles. The lowest BCUT2D eigenvalue weighted by atomic mass is 9.95. The summed E-state index contributed by atoms with van der Waals surface area (Å²) in [5, 5.41) is 7.30. The normalized spacial score (nSPS) is 11.9. The summed E-state index contributed by atoms with van der Waals surface area (Å²) in [6.07, 6.45) is 7.70. The molecule has 11 nitrogen and oxygen atoms in total. The fourth-order valence-electron chi connectivity index (χ4n) is 7.52. The first-order valence-corrected chi connectivity index (χ1v) is 24.2. The van der Waals surface area contributed by atoms with Crippen LogP contribution in [0, 0.1) is 0 Å². The van der Waals surface area contributed by atoms with Gasteiger partial charge in [0.25, 0.3) is 0 Å². The summed E-state index contributed by atoms with van der Waals surface area (Å²) in [6.45, 7) is 6.22. The number of ether oxygens (including phenoxy) is 1. The molecule has 0 bridgehead atoms. The molecule has 0 aliphatic heterocycles. The van der Waals surface area contributed by atoms with E-state index in [2.05, 4.69) is 37.4 Å². The van der Waals surface area contributed by atoms with E-state index in [1.54, 1.807) is 46.5 Å². The van der Waals surface area contributed by atoms with Crippen LogP contribution < -0.4 is 10.2 Å². The monoisotopic (exact) mass is 941 g/mol. The Labute approximate surface area is 406 Å². The number of rotatable bonds is 17. The fraction of sp³-hybridized carbons (Fsp3) is 0.218. The minimum Gasteiger partial charge on any atom is -0.444 e. The summed E-state index contributed by atoms with van der Waals surface area (Å²) < 4.78 is 5.75. The number of ketones is 1. The molecule has 4 heterocycles. The van der Waals surface area contributed by atoms with Gasteiger partial charge in [-0.1, -0.05) is 97.1 Å². The maximum absolute atomic E-state index is 13.9. The highest BCUT2D eigenvalue weighted by molar-refractivity contribution is 7.07. The summed E-state index contributed by atoms with van der Waals surface area (Å²) in [5.74, 6) is -0.0391. The van der Waals surface area contributed by atoms with Crippen molar-refractivity contribution in [2.24, 2.45) is 0 Å². The Hall–Kier alpha value is -7.19. The van der Waals surface area contributed by atoms with E-state index in [9.17, 15) is 14.4 Å². The van der Waals surface area contributed by atoms with E-state index in [1.165, 1.54) is 16.2 Å². The number of nitrogens with one attached hydrogen (secondary N) is 1. The number of thiazole rings is 2. The highest BCUT2D eigenvalue weighted by atomic mass is 32.1. The molecule has 0 fully saturated rings. The molecule has 4 aromatic heterocycles. The number of carbonyl (C=O) groups is 3. The summed E-state index contributed by atoms with van der Waals surface area (Å²) in [4.78, 5) is 61.0. The molecule has 0 radical (unpaired) electrons. The van der Waals surface area contributed by atoms with Gasteiger partial charge in [-0.2, -0.15) is 0 Å². The second-order valence-electron chi connectivity index (χ2n) is 17.2. The number of amides is 2. The Morgan fingerprint density at radius 1 is 0.632 bits per heavy atom. The second-order valence-corrected chi connectivity index (χ2v) is 18.6. The highest BCUT2D eigenvalue weighted by Gasteiger charge is 2.34. The van der Waals surface area contributed by atoms with Gasteiger partial charge in [-0.15, -0.1) is 22.7 Å². The maximum Gasteiger partial charge on any atom is 0.411 e. The van der Waals surface area contributed by atoms with Gasteiger partial charge in [0.05, 0.1) is 41.0 Å². The third kappa shape index (κ3) is 14.4. The van der Waals surface area contributed by atoms with E-state index in [4.69, 9.17) is 4.74 Å². The SMILES string of the molecule is CC(C)(C)OC(=O)N(Cc1cscn1)[C@@H](Cc1ccccc1)C(=O)Cc1cccc(-c2ccncc2)c1.CN(C(=O)[C@H](Cc1ccccc1)NCc1cscn1)c1cccc(-c2ccncc2)c1.